The minimum Gasteiger partial charge on any atom is -0.457 e. The maximum atomic E-state index is 12.0. The van der Waals surface area contributed by atoms with E-state index in [2.05, 4.69) is 32.7 Å². The number of anilines is 4. The Morgan fingerprint density at radius 1 is 0.971 bits per heavy atom. The lowest BCUT2D eigenvalue weighted by Crippen LogP contribution is -2.19. The van der Waals surface area contributed by atoms with Crippen LogP contribution in [-0.4, -0.2) is 27.9 Å². The standard InChI is InChI=1S/C24H22N6O4/c1-2-21(31)27-16-6-4-8-18(12-16)34-17-7-3-5-15(11-17)26-19-13-20(28-24(33)14-9-10-14)29-30-22(19)23(25)32/h2-8,11-14H,1,9-10H2,(H2,25,32)(H,27,31)(H2,26,28,29,33). The summed E-state index contributed by atoms with van der Waals surface area (Å²) in [5.74, 6) is -0.00155. The molecule has 0 aliphatic heterocycles. The quantitative estimate of drug-likeness (QED) is 0.358. The molecule has 4 rings (SSSR count). The third kappa shape index (κ3) is 5.74. The van der Waals surface area contributed by atoms with Gasteiger partial charge in [0.2, 0.25) is 11.8 Å². The van der Waals surface area contributed by atoms with Crippen molar-refractivity contribution in [3.05, 3.63) is 72.9 Å². The van der Waals surface area contributed by atoms with E-state index >= 15 is 0 Å². The van der Waals surface area contributed by atoms with Crippen molar-refractivity contribution in [2.75, 3.05) is 16.0 Å². The number of nitrogens with two attached hydrogens (primary N) is 1. The van der Waals surface area contributed by atoms with Crippen molar-refractivity contribution >= 4 is 40.6 Å². The molecule has 0 unspecified atom stereocenters. The molecule has 1 heterocycles. The summed E-state index contributed by atoms with van der Waals surface area (Å²) in [5.41, 5.74) is 6.81. The fourth-order valence-electron chi connectivity index (χ4n) is 3.06. The first-order chi connectivity index (χ1) is 16.4. The molecule has 0 spiro atoms. The number of ether oxygens (including phenoxy) is 1. The molecular weight excluding hydrogens is 436 g/mol. The number of nitrogens with zero attached hydrogens (tertiary/aromatic N) is 2. The van der Waals surface area contributed by atoms with Crippen molar-refractivity contribution < 1.29 is 19.1 Å². The largest absolute Gasteiger partial charge is 0.457 e. The summed E-state index contributed by atoms with van der Waals surface area (Å²) in [6.45, 7) is 3.43. The molecule has 1 aliphatic rings. The molecule has 3 amide bonds. The summed E-state index contributed by atoms with van der Waals surface area (Å²) in [6, 6.07) is 15.4. The highest BCUT2D eigenvalue weighted by molar-refractivity contribution is 5.99. The molecule has 10 heteroatoms. The molecule has 2 aromatic carbocycles. The van der Waals surface area contributed by atoms with E-state index in [1.165, 1.54) is 12.1 Å². The molecule has 0 saturated heterocycles. The van der Waals surface area contributed by atoms with Crippen molar-refractivity contribution in [1.82, 2.24) is 10.2 Å². The minimum absolute atomic E-state index is 0.00792. The first-order valence-corrected chi connectivity index (χ1v) is 10.5. The molecule has 3 aromatic rings. The first-order valence-electron chi connectivity index (χ1n) is 10.5. The zero-order chi connectivity index (χ0) is 24.1. The lowest BCUT2D eigenvalue weighted by Gasteiger charge is -2.13. The van der Waals surface area contributed by atoms with Gasteiger partial charge >= 0.3 is 0 Å². The molecule has 34 heavy (non-hydrogen) atoms. The Labute approximate surface area is 195 Å². The lowest BCUT2D eigenvalue weighted by molar-refractivity contribution is -0.117. The summed E-state index contributed by atoms with van der Waals surface area (Å²) in [4.78, 5) is 35.4. The van der Waals surface area contributed by atoms with E-state index in [9.17, 15) is 14.4 Å². The van der Waals surface area contributed by atoms with E-state index in [-0.39, 0.29) is 29.2 Å². The van der Waals surface area contributed by atoms with Crippen molar-refractivity contribution in [3.63, 3.8) is 0 Å². The maximum Gasteiger partial charge on any atom is 0.271 e. The second-order valence-electron chi connectivity index (χ2n) is 7.60. The van der Waals surface area contributed by atoms with Crippen LogP contribution in [-0.2, 0) is 9.59 Å². The van der Waals surface area contributed by atoms with Gasteiger partial charge in [-0.15, -0.1) is 10.2 Å². The van der Waals surface area contributed by atoms with Gasteiger partial charge in [0.25, 0.3) is 5.91 Å². The molecular formula is C24H22N6O4. The Balaban J connectivity index is 1.52. The topological polar surface area (TPSA) is 148 Å². The summed E-state index contributed by atoms with van der Waals surface area (Å²) in [6.07, 6.45) is 2.87. The number of hydrogen-bond donors (Lipinski definition) is 4. The Kier molecular flexibility index (Phi) is 6.49. The molecule has 1 aromatic heterocycles. The van der Waals surface area contributed by atoms with Crippen molar-refractivity contribution in [2.45, 2.75) is 12.8 Å². The van der Waals surface area contributed by atoms with Gasteiger partial charge in [0, 0.05) is 35.5 Å². The van der Waals surface area contributed by atoms with Crippen LogP contribution in [0.25, 0.3) is 0 Å². The summed E-state index contributed by atoms with van der Waals surface area (Å²) >= 11 is 0. The van der Waals surface area contributed by atoms with Gasteiger partial charge in [-0.2, -0.15) is 0 Å². The van der Waals surface area contributed by atoms with Crippen molar-refractivity contribution in [1.29, 1.82) is 0 Å². The van der Waals surface area contributed by atoms with Gasteiger partial charge in [-0.25, -0.2) is 0 Å². The zero-order valence-electron chi connectivity index (χ0n) is 18.1. The van der Waals surface area contributed by atoms with Crippen molar-refractivity contribution in [2.24, 2.45) is 11.7 Å². The monoisotopic (exact) mass is 458 g/mol. The molecule has 0 radical (unpaired) electrons. The van der Waals surface area contributed by atoms with Crippen LogP contribution in [0.3, 0.4) is 0 Å². The van der Waals surface area contributed by atoms with Crippen LogP contribution < -0.4 is 26.4 Å². The van der Waals surface area contributed by atoms with Crippen LogP contribution in [0, 0.1) is 5.92 Å². The molecule has 0 atom stereocenters. The molecule has 1 aliphatic carbocycles. The molecule has 5 N–H and O–H groups in total. The summed E-state index contributed by atoms with van der Waals surface area (Å²) < 4.78 is 5.91. The second-order valence-corrected chi connectivity index (χ2v) is 7.60. The number of primary amides is 1. The highest BCUT2D eigenvalue weighted by atomic mass is 16.5. The van der Waals surface area contributed by atoms with E-state index in [1.807, 2.05) is 0 Å². The van der Waals surface area contributed by atoms with Crippen LogP contribution in [0.4, 0.5) is 22.9 Å². The normalized spacial score (nSPS) is 12.4. The Morgan fingerprint density at radius 3 is 2.29 bits per heavy atom. The van der Waals surface area contributed by atoms with Gasteiger partial charge < -0.3 is 26.4 Å². The van der Waals surface area contributed by atoms with E-state index in [0.717, 1.165) is 12.8 Å². The third-order valence-electron chi connectivity index (χ3n) is 4.86. The van der Waals surface area contributed by atoms with Gasteiger partial charge in [-0.3, -0.25) is 14.4 Å². The zero-order valence-corrected chi connectivity index (χ0v) is 18.1. The minimum atomic E-state index is -0.763. The lowest BCUT2D eigenvalue weighted by atomic mass is 10.2. The smallest absolute Gasteiger partial charge is 0.271 e. The Bertz CT molecular complexity index is 1270. The average Bonchev–Trinajstić information content (AvgIpc) is 3.65. The van der Waals surface area contributed by atoms with E-state index in [1.54, 1.807) is 48.5 Å². The molecule has 1 fully saturated rings. The van der Waals surface area contributed by atoms with Gasteiger partial charge in [-0.05, 0) is 43.2 Å². The summed E-state index contributed by atoms with van der Waals surface area (Å²) in [7, 11) is 0. The number of rotatable bonds is 9. The van der Waals surface area contributed by atoms with Crippen LogP contribution in [0.15, 0.2) is 67.3 Å². The average molecular weight is 458 g/mol. The number of aromatic nitrogens is 2. The van der Waals surface area contributed by atoms with Crippen molar-refractivity contribution in [3.8, 4) is 11.5 Å². The van der Waals surface area contributed by atoms with Crippen LogP contribution >= 0.6 is 0 Å². The first kappa shape index (κ1) is 22.5. The van der Waals surface area contributed by atoms with E-state index < -0.39 is 5.91 Å². The summed E-state index contributed by atoms with van der Waals surface area (Å²) in [5, 5.41) is 16.2. The van der Waals surface area contributed by atoms with E-state index in [0.29, 0.717) is 28.6 Å². The van der Waals surface area contributed by atoms with Gasteiger partial charge in [0.1, 0.15) is 11.5 Å². The highest BCUT2D eigenvalue weighted by Crippen LogP contribution is 2.31. The Morgan fingerprint density at radius 2 is 1.65 bits per heavy atom. The molecule has 10 nitrogen and oxygen atoms in total. The molecule has 0 bridgehead atoms. The van der Waals surface area contributed by atoms with E-state index in [4.69, 9.17) is 10.5 Å². The van der Waals surface area contributed by atoms with Gasteiger partial charge in [0.15, 0.2) is 11.5 Å². The second kappa shape index (κ2) is 9.82. The fraction of sp³-hybridized carbons (Fsp3) is 0.125. The SMILES string of the molecule is C=CC(=O)Nc1cccc(Oc2cccc(Nc3cc(NC(=O)C4CC4)nnc3C(N)=O)c2)c1. The molecule has 172 valence electrons. The van der Waals surface area contributed by atoms with Gasteiger partial charge in [-0.1, -0.05) is 18.7 Å². The van der Waals surface area contributed by atoms with Crippen LogP contribution in [0.1, 0.15) is 23.3 Å². The fourth-order valence-corrected chi connectivity index (χ4v) is 3.06. The number of carbonyl (C=O) groups is 3. The number of carbonyl (C=O) groups excluding carboxylic acids is 3. The number of amides is 3. The third-order valence-corrected chi connectivity index (χ3v) is 4.86. The number of hydrogen-bond acceptors (Lipinski definition) is 7. The number of benzene rings is 2. The maximum absolute atomic E-state index is 12.0. The Hall–Kier alpha value is -4.73. The van der Waals surface area contributed by atoms with Crippen LogP contribution in [0.2, 0.25) is 0 Å². The highest BCUT2D eigenvalue weighted by Gasteiger charge is 2.30. The molecule has 1 saturated carbocycles. The number of nitrogens with one attached hydrogen (secondary N) is 3. The predicted molar refractivity (Wildman–Crippen MR) is 127 cm³/mol. The predicted octanol–water partition coefficient (Wildman–Crippen LogP) is 3.58. The van der Waals surface area contributed by atoms with Crippen LogP contribution in [0.5, 0.6) is 11.5 Å². The van der Waals surface area contributed by atoms with Gasteiger partial charge in [0.05, 0.1) is 5.69 Å².